The molecule has 1 atom stereocenters. The fourth-order valence-corrected chi connectivity index (χ4v) is 4.93. The van der Waals surface area contributed by atoms with E-state index in [1.165, 1.54) is 48.5 Å². The average molecular weight is 574 g/mol. The number of hydrogen-bond donors (Lipinski definition) is 4. The number of benzene rings is 3. The number of amides is 1. The Morgan fingerprint density at radius 2 is 1.70 bits per heavy atom. The van der Waals surface area contributed by atoms with E-state index in [9.17, 15) is 26.4 Å². The molecule has 0 aliphatic heterocycles. The van der Waals surface area contributed by atoms with Gasteiger partial charge in [-0.15, -0.1) is 0 Å². The third kappa shape index (κ3) is 6.33. The molecule has 9 nitrogen and oxygen atoms in total. The van der Waals surface area contributed by atoms with Crippen LogP contribution in [0.25, 0.3) is 16.9 Å². The van der Waals surface area contributed by atoms with Crippen LogP contribution in [0, 0.1) is 13.8 Å². The van der Waals surface area contributed by atoms with Crippen molar-refractivity contribution in [2.24, 2.45) is 5.73 Å². The summed E-state index contributed by atoms with van der Waals surface area (Å²) < 4.78 is 70.3. The number of anilines is 2. The van der Waals surface area contributed by atoms with Gasteiger partial charge in [0.25, 0.3) is 10.0 Å². The number of nitrogens with zero attached hydrogens (tertiary/aromatic N) is 2. The monoisotopic (exact) mass is 573 g/mol. The van der Waals surface area contributed by atoms with Crippen molar-refractivity contribution in [3.63, 3.8) is 0 Å². The number of sulfonamides is 1. The van der Waals surface area contributed by atoms with E-state index in [0.717, 1.165) is 21.9 Å². The number of aromatic nitrogens is 2. The molecule has 0 spiro atoms. The number of hydrogen-bond acceptors (Lipinski definition) is 6. The minimum Gasteiger partial charge on any atom is -0.394 e. The molecule has 0 aliphatic rings. The van der Waals surface area contributed by atoms with Gasteiger partial charge in [0, 0.05) is 11.3 Å². The highest BCUT2D eigenvalue weighted by atomic mass is 32.2. The number of carbonyl (C=O) groups excluding carboxylic acids is 1. The summed E-state index contributed by atoms with van der Waals surface area (Å²) in [7, 11) is -4.11. The lowest BCUT2D eigenvalue weighted by molar-refractivity contribution is -0.141. The minimum atomic E-state index is -4.68. The predicted molar refractivity (Wildman–Crippen MR) is 144 cm³/mol. The molecule has 4 rings (SSSR count). The molecule has 0 bridgehead atoms. The third-order valence-corrected chi connectivity index (χ3v) is 7.37. The second-order valence-corrected chi connectivity index (χ2v) is 10.8. The van der Waals surface area contributed by atoms with Crippen molar-refractivity contribution < 1.29 is 31.5 Å². The smallest absolute Gasteiger partial charge is 0.394 e. The summed E-state index contributed by atoms with van der Waals surface area (Å²) in [5, 5.41) is 15.3. The Labute approximate surface area is 228 Å². The van der Waals surface area contributed by atoms with Crippen LogP contribution in [0.1, 0.15) is 16.8 Å². The van der Waals surface area contributed by atoms with Gasteiger partial charge in [-0.2, -0.15) is 18.3 Å². The van der Waals surface area contributed by atoms with E-state index in [0.29, 0.717) is 5.56 Å². The van der Waals surface area contributed by atoms with Gasteiger partial charge in [-0.25, -0.2) is 13.1 Å². The molecule has 0 radical (unpaired) electrons. The first-order valence-corrected chi connectivity index (χ1v) is 13.4. The highest BCUT2D eigenvalue weighted by molar-refractivity contribution is 7.92. The van der Waals surface area contributed by atoms with E-state index >= 15 is 0 Å². The first kappa shape index (κ1) is 28.8. The van der Waals surface area contributed by atoms with Gasteiger partial charge in [-0.1, -0.05) is 23.8 Å². The maximum absolute atomic E-state index is 13.6. The van der Waals surface area contributed by atoms with E-state index < -0.39 is 40.4 Å². The molecule has 210 valence electrons. The van der Waals surface area contributed by atoms with Crippen molar-refractivity contribution in [3.05, 3.63) is 89.6 Å². The van der Waals surface area contributed by atoms with Crippen LogP contribution in [-0.2, 0) is 21.0 Å². The van der Waals surface area contributed by atoms with Gasteiger partial charge in [-0.05, 0) is 74.0 Å². The SMILES string of the molecule is Cc1ccc(C)c(-c2cc(C(F)(F)F)nn2-c2ccc(S(=O)(=O)Nc3cccc(NC(=O)C(N)CO)c3)cc2)c1. The van der Waals surface area contributed by atoms with E-state index in [2.05, 4.69) is 15.1 Å². The average Bonchev–Trinajstić information content (AvgIpc) is 3.35. The number of carbonyl (C=O) groups is 1. The maximum Gasteiger partial charge on any atom is 0.435 e. The van der Waals surface area contributed by atoms with Crippen LogP contribution in [0.4, 0.5) is 24.5 Å². The highest BCUT2D eigenvalue weighted by Gasteiger charge is 2.35. The summed E-state index contributed by atoms with van der Waals surface area (Å²) in [6, 6.07) is 16.3. The lowest BCUT2D eigenvalue weighted by Gasteiger charge is -2.13. The Bertz CT molecular complexity index is 1650. The first-order chi connectivity index (χ1) is 18.8. The lowest BCUT2D eigenvalue weighted by Crippen LogP contribution is -2.38. The van der Waals surface area contributed by atoms with Crippen LogP contribution in [0.2, 0.25) is 0 Å². The molecule has 1 aromatic heterocycles. The summed E-state index contributed by atoms with van der Waals surface area (Å²) in [5.41, 5.74) is 7.40. The quantitative estimate of drug-likeness (QED) is 0.249. The lowest BCUT2D eigenvalue weighted by atomic mass is 10.0. The molecule has 4 aromatic rings. The van der Waals surface area contributed by atoms with Gasteiger partial charge in [-0.3, -0.25) is 9.52 Å². The first-order valence-electron chi connectivity index (χ1n) is 11.9. The molecule has 1 heterocycles. The third-order valence-electron chi connectivity index (χ3n) is 5.98. The van der Waals surface area contributed by atoms with Crippen molar-refractivity contribution in [1.29, 1.82) is 0 Å². The number of aryl methyl sites for hydroxylation is 2. The summed E-state index contributed by atoms with van der Waals surface area (Å²) in [6.45, 7) is 3.05. The summed E-state index contributed by atoms with van der Waals surface area (Å²) in [5.74, 6) is -0.648. The summed E-state index contributed by atoms with van der Waals surface area (Å²) in [4.78, 5) is 11.8. The molecular formula is C27H26F3N5O4S. The van der Waals surface area contributed by atoms with Crippen molar-refractivity contribution in [1.82, 2.24) is 9.78 Å². The van der Waals surface area contributed by atoms with Crippen LogP contribution in [0.15, 0.2) is 77.7 Å². The van der Waals surface area contributed by atoms with Crippen molar-refractivity contribution in [2.75, 3.05) is 16.6 Å². The van der Waals surface area contributed by atoms with Crippen LogP contribution in [-0.4, -0.2) is 41.9 Å². The van der Waals surface area contributed by atoms with Gasteiger partial charge >= 0.3 is 6.18 Å². The zero-order valence-corrected chi connectivity index (χ0v) is 22.2. The molecule has 1 unspecified atom stereocenters. The van der Waals surface area contributed by atoms with Crippen LogP contribution >= 0.6 is 0 Å². The minimum absolute atomic E-state index is 0.138. The van der Waals surface area contributed by atoms with Crippen LogP contribution in [0.5, 0.6) is 0 Å². The Kier molecular flexibility index (Phi) is 8.00. The van der Waals surface area contributed by atoms with E-state index in [1.807, 2.05) is 13.0 Å². The Balaban J connectivity index is 1.64. The fourth-order valence-electron chi connectivity index (χ4n) is 3.88. The van der Waals surface area contributed by atoms with Gasteiger partial charge in [0.2, 0.25) is 5.91 Å². The molecule has 0 saturated heterocycles. The normalized spacial score (nSPS) is 12.7. The molecule has 0 fully saturated rings. The number of nitrogens with two attached hydrogens (primary N) is 1. The number of aliphatic hydroxyl groups excluding tert-OH is 1. The van der Waals surface area contributed by atoms with Gasteiger partial charge in [0.1, 0.15) is 6.04 Å². The second kappa shape index (κ2) is 11.1. The van der Waals surface area contributed by atoms with Gasteiger partial charge < -0.3 is 16.2 Å². The number of rotatable bonds is 8. The molecule has 0 aliphatic carbocycles. The number of alkyl halides is 3. The fraction of sp³-hybridized carbons (Fsp3) is 0.185. The zero-order valence-electron chi connectivity index (χ0n) is 21.4. The second-order valence-electron chi connectivity index (χ2n) is 9.10. The molecule has 13 heteroatoms. The van der Waals surface area contributed by atoms with Crippen LogP contribution in [0.3, 0.4) is 0 Å². The highest BCUT2D eigenvalue weighted by Crippen LogP contribution is 2.35. The molecule has 1 amide bonds. The Hall–Kier alpha value is -4.20. The molecule has 3 aromatic carbocycles. The zero-order chi connectivity index (χ0) is 29.2. The Morgan fingerprint density at radius 1 is 1.02 bits per heavy atom. The predicted octanol–water partition coefficient (Wildman–Crippen LogP) is 4.23. The number of halogens is 3. The summed E-state index contributed by atoms with van der Waals surface area (Å²) in [6.07, 6.45) is -4.68. The Morgan fingerprint density at radius 3 is 2.35 bits per heavy atom. The van der Waals surface area contributed by atoms with Crippen molar-refractivity contribution >= 4 is 27.3 Å². The molecule has 40 heavy (non-hydrogen) atoms. The van der Waals surface area contributed by atoms with Gasteiger partial charge in [0.05, 0.1) is 28.6 Å². The van der Waals surface area contributed by atoms with Crippen molar-refractivity contribution in [3.8, 4) is 16.9 Å². The number of nitrogens with one attached hydrogen (secondary N) is 2. The largest absolute Gasteiger partial charge is 0.435 e. The van der Waals surface area contributed by atoms with E-state index in [4.69, 9.17) is 10.8 Å². The maximum atomic E-state index is 13.6. The van der Waals surface area contributed by atoms with Crippen molar-refractivity contribution in [2.45, 2.75) is 31.0 Å². The van der Waals surface area contributed by atoms with E-state index in [1.54, 1.807) is 19.1 Å². The standard InChI is InChI=1S/C27H26F3N5O4S/c1-16-6-7-17(2)22(12-16)24-14-25(27(28,29)30)33-35(24)20-8-10-21(11-9-20)40(38,39)34-19-5-3-4-18(13-19)32-26(37)23(31)15-36/h3-14,23,34,36H,15,31H2,1-2H3,(H,32,37). The van der Waals surface area contributed by atoms with Gasteiger partial charge in [0.15, 0.2) is 5.69 Å². The van der Waals surface area contributed by atoms with Crippen LogP contribution < -0.4 is 15.8 Å². The molecule has 0 saturated carbocycles. The summed E-state index contributed by atoms with van der Waals surface area (Å²) >= 11 is 0. The molecular weight excluding hydrogens is 547 g/mol. The topological polar surface area (TPSA) is 139 Å². The number of aliphatic hydroxyl groups is 1. The molecule has 5 N–H and O–H groups in total. The van der Waals surface area contributed by atoms with E-state index in [-0.39, 0.29) is 27.7 Å².